The van der Waals surface area contributed by atoms with Gasteiger partial charge in [-0.3, -0.25) is 4.79 Å². The lowest BCUT2D eigenvalue weighted by Crippen LogP contribution is -2.11. The van der Waals surface area contributed by atoms with Crippen molar-refractivity contribution in [1.29, 1.82) is 0 Å². The van der Waals surface area contributed by atoms with E-state index in [9.17, 15) is 9.59 Å². The Hall–Kier alpha value is -2.51. The lowest BCUT2D eigenvalue weighted by Gasteiger charge is -2.01. The van der Waals surface area contributed by atoms with Crippen molar-refractivity contribution in [3.05, 3.63) is 51.6 Å². The number of methoxy groups -OCH3 is 1. The van der Waals surface area contributed by atoms with Crippen LogP contribution >= 0.6 is 11.3 Å². The minimum absolute atomic E-state index is 0.151. The van der Waals surface area contributed by atoms with Crippen LogP contribution in [0.3, 0.4) is 0 Å². The van der Waals surface area contributed by atoms with E-state index in [1.807, 2.05) is 24.3 Å². The quantitative estimate of drug-likeness (QED) is 0.422. The lowest BCUT2D eigenvalue weighted by molar-refractivity contribution is 0.0381. The maximum Gasteiger partial charge on any atom is 0.358 e. The standard InChI is InChI=1S/C17H16N2O4S/c1-10-14(17(21)23-8-7-22-2)19-16(24-10)15(20)12-9-18-13-6-4-3-5-11(12)13/h3-6,9,18H,7-8H2,1-2H3. The van der Waals surface area contributed by atoms with E-state index in [-0.39, 0.29) is 23.1 Å². The normalized spacial score (nSPS) is 10.9. The van der Waals surface area contributed by atoms with Gasteiger partial charge in [0.2, 0.25) is 5.78 Å². The average Bonchev–Trinajstić information content (AvgIpc) is 3.18. The van der Waals surface area contributed by atoms with Crippen LogP contribution in [0.25, 0.3) is 10.9 Å². The van der Waals surface area contributed by atoms with E-state index in [1.165, 1.54) is 18.4 Å². The zero-order valence-electron chi connectivity index (χ0n) is 13.3. The topological polar surface area (TPSA) is 81.3 Å². The highest BCUT2D eigenvalue weighted by Gasteiger charge is 2.23. The number of carbonyl (C=O) groups excluding carboxylic acids is 2. The number of hydrogen-bond donors (Lipinski definition) is 1. The first-order valence-corrected chi connectivity index (χ1v) is 8.17. The number of aryl methyl sites for hydroxylation is 1. The molecule has 6 nitrogen and oxygen atoms in total. The summed E-state index contributed by atoms with van der Waals surface area (Å²) in [6.45, 7) is 2.21. The highest BCUT2D eigenvalue weighted by molar-refractivity contribution is 7.14. The van der Waals surface area contributed by atoms with Crippen LogP contribution in [0.1, 0.15) is 30.7 Å². The maximum absolute atomic E-state index is 12.7. The number of rotatable bonds is 6. The number of H-pyrrole nitrogens is 1. The molecule has 0 saturated carbocycles. The minimum atomic E-state index is -0.543. The Morgan fingerprint density at radius 1 is 1.25 bits per heavy atom. The first-order valence-electron chi connectivity index (χ1n) is 7.36. The van der Waals surface area contributed by atoms with Crippen molar-refractivity contribution in [2.45, 2.75) is 6.92 Å². The monoisotopic (exact) mass is 344 g/mol. The summed E-state index contributed by atoms with van der Waals surface area (Å²) in [7, 11) is 1.53. The molecule has 7 heteroatoms. The number of aromatic nitrogens is 2. The number of thiazole rings is 1. The van der Waals surface area contributed by atoms with Crippen LogP contribution in [0.4, 0.5) is 0 Å². The van der Waals surface area contributed by atoms with Crippen molar-refractivity contribution in [3.8, 4) is 0 Å². The van der Waals surface area contributed by atoms with E-state index in [0.29, 0.717) is 17.0 Å². The number of para-hydroxylation sites is 1. The molecule has 3 aromatic rings. The molecule has 0 aliphatic heterocycles. The molecule has 0 bridgehead atoms. The zero-order chi connectivity index (χ0) is 17.1. The number of ketones is 1. The summed E-state index contributed by atoms with van der Waals surface area (Å²) in [5.74, 6) is -0.754. The fraction of sp³-hybridized carbons (Fsp3) is 0.235. The molecule has 24 heavy (non-hydrogen) atoms. The number of carbonyl (C=O) groups is 2. The van der Waals surface area contributed by atoms with Crippen LogP contribution < -0.4 is 0 Å². The largest absolute Gasteiger partial charge is 0.458 e. The molecule has 0 amide bonds. The Balaban J connectivity index is 1.86. The Morgan fingerprint density at radius 3 is 2.83 bits per heavy atom. The van der Waals surface area contributed by atoms with E-state index in [1.54, 1.807) is 13.1 Å². The molecule has 0 atom stereocenters. The van der Waals surface area contributed by atoms with Gasteiger partial charge in [-0.25, -0.2) is 9.78 Å². The van der Waals surface area contributed by atoms with Crippen LogP contribution in [-0.4, -0.2) is 42.0 Å². The van der Waals surface area contributed by atoms with Gasteiger partial charge in [0.15, 0.2) is 10.7 Å². The van der Waals surface area contributed by atoms with Gasteiger partial charge in [0, 0.05) is 29.1 Å². The van der Waals surface area contributed by atoms with Crippen molar-refractivity contribution in [3.63, 3.8) is 0 Å². The molecule has 1 N–H and O–H groups in total. The number of ether oxygens (including phenoxy) is 2. The van der Waals surface area contributed by atoms with Crippen molar-refractivity contribution in [1.82, 2.24) is 9.97 Å². The van der Waals surface area contributed by atoms with Gasteiger partial charge in [-0.2, -0.15) is 0 Å². The van der Waals surface area contributed by atoms with Crippen LogP contribution in [-0.2, 0) is 9.47 Å². The Bertz CT molecular complexity index is 897. The summed E-state index contributed by atoms with van der Waals surface area (Å²) in [5.41, 5.74) is 1.60. The minimum Gasteiger partial charge on any atom is -0.458 e. The number of hydrogen-bond acceptors (Lipinski definition) is 6. The molecule has 0 unspecified atom stereocenters. The maximum atomic E-state index is 12.7. The molecule has 0 fully saturated rings. The summed E-state index contributed by atoms with van der Waals surface area (Å²) in [6.07, 6.45) is 1.67. The second kappa shape index (κ2) is 6.94. The Morgan fingerprint density at radius 2 is 2.04 bits per heavy atom. The van der Waals surface area contributed by atoms with Gasteiger partial charge < -0.3 is 14.5 Å². The fourth-order valence-electron chi connectivity index (χ4n) is 2.34. The second-order valence-electron chi connectivity index (χ2n) is 5.13. The molecule has 2 heterocycles. The molecule has 124 valence electrons. The summed E-state index contributed by atoms with van der Waals surface area (Å²) >= 11 is 1.19. The first kappa shape index (κ1) is 16.4. The number of benzene rings is 1. The van der Waals surface area contributed by atoms with Crippen LogP contribution in [0.15, 0.2) is 30.5 Å². The third kappa shape index (κ3) is 3.08. The van der Waals surface area contributed by atoms with E-state index in [2.05, 4.69) is 9.97 Å². The molecule has 0 aliphatic rings. The Kier molecular flexibility index (Phi) is 4.73. The van der Waals surface area contributed by atoms with Gasteiger partial charge in [0.1, 0.15) is 6.61 Å². The predicted molar refractivity (Wildman–Crippen MR) is 90.7 cm³/mol. The van der Waals surface area contributed by atoms with Crippen LogP contribution in [0.2, 0.25) is 0 Å². The predicted octanol–water partition coefficient (Wildman–Crippen LogP) is 2.97. The number of fused-ring (bicyclic) bond motifs is 1. The van der Waals surface area contributed by atoms with Gasteiger partial charge >= 0.3 is 5.97 Å². The van der Waals surface area contributed by atoms with Crippen molar-refractivity contribution < 1.29 is 19.1 Å². The lowest BCUT2D eigenvalue weighted by atomic mass is 10.1. The molecular weight excluding hydrogens is 328 g/mol. The van der Waals surface area contributed by atoms with E-state index >= 15 is 0 Å². The first-order chi connectivity index (χ1) is 11.6. The summed E-state index contributed by atoms with van der Waals surface area (Å²) in [6, 6.07) is 7.55. The van der Waals surface area contributed by atoms with Crippen LogP contribution in [0, 0.1) is 6.92 Å². The number of nitrogens with zero attached hydrogens (tertiary/aromatic N) is 1. The fourth-order valence-corrected chi connectivity index (χ4v) is 3.20. The van der Waals surface area contributed by atoms with Gasteiger partial charge in [0.05, 0.1) is 12.2 Å². The molecule has 0 spiro atoms. The second-order valence-corrected chi connectivity index (χ2v) is 6.33. The third-order valence-corrected chi connectivity index (χ3v) is 4.51. The molecule has 0 saturated heterocycles. The van der Waals surface area contributed by atoms with E-state index in [4.69, 9.17) is 9.47 Å². The highest BCUT2D eigenvalue weighted by Crippen LogP contribution is 2.25. The van der Waals surface area contributed by atoms with Crippen molar-refractivity contribution in [2.75, 3.05) is 20.3 Å². The van der Waals surface area contributed by atoms with E-state index < -0.39 is 5.97 Å². The number of aromatic amines is 1. The smallest absolute Gasteiger partial charge is 0.358 e. The SMILES string of the molecule is COCCOC(=O)c1nc(C(=O)c2c[nH]c3ccccc23)sc1C. The molecule has 2 aromatic heterocycles. The molecule has 0 aliphatic carbocycles. The van der Waals surface area contributed by atoms with Gasteiger partial charge in [-0.1, -0.05) is 18.2 Å². The van der Waals surface area contributed by atoms with Crippen LogP contribution in [0.5, 0.6) is 0 Å². The highest BCUT2D eigenvalue weighted by atomic mass is 32.1. The summed E-state index contributed by atoms with van der Waals surface area (Å²) in [4.78, 5) is 32.7. The molecule has 1 aromatic carbocycles. The average molecular weight is 344 g/mol. The van der Waals surface area contributed by atoms with Crippen molar-refractivity contribution >= 4 is 34.0 Å². The number of esters is 1. The third-order valence-electron chi connectivity index (χ3n) is 3.54. The molecular formula is C17H16N2O4S. The summed E-state index contributed by atoms with van der Waals surface area (Å²) in [5, 5.41) is 1.11. The molecule has 0 radical (unpaired) electrons. The summed E-state index contributed by atoms with van der Waals surface area (Å²) < 4.78 is 9.91. The van der Waals surface area contributed by atoms with E-state index in [0.717, 1.165) is 10.9 Å². The number of nitrogens with one attached hydrogen (secondary N) is 1. The van der Waals surface area contributed by atoms with Gasteiger partial charge in [-0.15, -0.1) is 11.3 Å². The van der Waals surface area contributed by atoms with Gasteiger partial charge in [0.25, 0.3) is 0 Å². The van der Waals surface area contributed by atoms with Gasteiger partial charge in [-0.05, 0) is 13.0 Å². The molecule has 3 rings (SSSR count). The van der Waals surface area contributed by atoms with Crippen molar-refractivity contribution in [2.24, 2.45) is 0 Å². The Labute approximate surface area is 142 Å². The zero-order valence-corrected chi connectivity index (χ0v) is 14.1.